The second-order valence-corrected chi connectivity index (χ2v) is 6.02. The van der Waals surface area contributed by atoms with Crippen LogP contribution in [-0.4, -0.2) is 48.2 Å². The van der Waals surface area contributed by atoms with Crippen molar-refractivity contribution in [2.45, 2.75) is 18.9 Å². The fourth-order valence-electron chi connectivity index (χ4n) is 3.21. The quantitative estimate of drug-likeness (QED) is 0.902. The zero-order valence-electron chi connectivity index (χ0n) is 14.4. The number of methoxy groups -OCH3 is 2. The third kappa shape index (κ3) is 3.58. The van der Waals surface area contributed by atoms with Crippen molar-refractivity contribution in [3.8, 4) is 11.5 Å². The molecule has 1 amide bonds. The van der Waals surface area contributed by atoms with E-state index in [0.29, 0.717) is 24.5 Å². The lowest BCUT2D eigenvalue weighted by molar-refractivity contribution is 0.0784. The standard InChI is InChI=1S/C19H22N2O4/c1-24-15-6-7-18(25-2)16(10-15)13-8-9-21(11-13)19(23)17-5-3-4-14(12-22)20-17/h3-7,10,13,22H,8-9,11-12H2,1-2H3. The first kappa shape index (κ1) is 17.2. The van der Waals surface area contributed by atoms with E-state index in [4.69, 9.17) is 9.47 Å². The summed E-state index contributed by atoms with van der Waals surface area (Å²) in [6.07, 6.45) is 0.856. The Kier molecular flexibility index (Phi) is 5.19. The lowest BCUT2D eigenvalue weighted by atomic mass is 9.97. The number of aliphatic hydroxyl groups excluding tert-OH is 1. The lowest BCUT2D eigenvalue weighted by Crippen LogP contribution is -2.29. The van der Waals surface area contributed by atoms with E-state index < -0.39 is 0 Å². The highest BCUT2D eigenvalue weighted by molar-refractivity contribution is 5.92. The molecule has 1 aromatic heterocycles. The van der Waals surface area contributed by atoms with Crippen molar-refractivity contribution < 1.29 is 19.4 Å². The maximum Gasteiger partial charge on any atom is 0.272 e. The number of likely N-dealkylation sites (tertiary alicyclic amines) is 1. The van der Waals surface area contributed by atoms with E-state index in [2.05, 4.69) is 4.98 Å². The summed E-state index contributed by atoms with van der Waals surface area (Å²) in [5, 5.41) is 9.19. The highest BCUT2D eigenvalue weighted by Crippen LogP contribution is 2.36. The molecule has 3 rings (SSSR count). The second kappa shape index (κ2) is 7.53. The molecule has 0 saturated carbocycles. The molecule has 1 fully saturated rings. The number of amides is 1. The molecule has 2 heterocycles. The number of benzene rings is 1. The summed E-state index contributed by atoms with van der Waals surface area (Å²) >= 11 is 0. The Labute approximate surface area is 147 Å². The monoisotopic (exact) mass is 342 g/mol. The van der Waals surface area contributed by atoms with E-state index in [-0.39, 0.29) is 18.4 Å². The van der Waals surface area contributed by atoms with Crippen molar-refractivity contribution in [1.29, 1.82) is 0 Å². The maximum atomic E-state index is 12.7. The third-order valence-corrected chi connectivity index (χ3v) is 4.54. The van der Waals surface area contributed by atoms with Crippen molar-refractivity contribution in [3.05, 3.63) is 53.3 Å². The number of hydrogen-bond acceptors (Lipinski definition) is 5. The summed E-state index contributed by atoms with van der Waals surface area (Å²) in [7, 11) is 3.28. The summed E-state index contributed by atoms with van der Waals surface area (Å²) in [4.78, 5) is 18.7. The molecule has 0 spiro atoms. The maximum absolute atomic E-state index is 12.7. The van der Waals surface area contributed by atoms with Gasteiger partial charge in [0.2, 0.25) is 0 Å². The van der Waals surface area contributed by atoms with Gasteiger partial charge in [-0.25, -0.2) is 4.98 Å². The molecule has 0 radical (unpaired) electrons. The molecule has 6 heteroatoms. The zero-order chi connectivity index (χ0) is 17.8. The minimum absolute atomic E-state index is 0.111. The Balaban J connectivity index is 1.78. The van der Waals surface area contributed by atoms with E-state index in [1.165, 1.54) is 0 Å². The van der Waals surface area contributed by atoms with Crippen LogP contribution in [0.15, 0.2) is 36.4 Å². The van der Waals surface area contributed by atoms with Crippen molar-refractivity contribution in [2.24, 2.45) is 0 Å². The van der Waals surface area contributed by atoms with E-state index in [9.17, 15) is 9.90 Å². The van der Waals surface area contributed by atoms with Crippen LogP contribution in [0.4, 0.5) is 0 Å². The van der Waals surface area contributed by atoms with Crippen molar-refractivity contribution in [3.63, 3.8) is 0 Å². The zero-order valence-corrected chi connectivity index (χ0v) is 14.4. The number of carbonyl (C=O) groups is 1. The van der Waals surface area contributed by atoms with Crippen molar-refractivity contribution >= 4 is 5.91 Å². The van der Waals surface area contributed by atoms with Gasteiger partial charge in [-0.2, -0.15) is 0 Å². The van der Waals surface area contributed by atoms with Gasteiger partial charge in [0.25, 0.3) is 5.91 Å². The normalized spacial score (nSPS) is 16.8. The Morgan fingerprint density at radius 2 is 2.12 bits per heavy atom. The van der Waals surface area contributed by atoms with Crippen LogP contribution < -0.4 is 9.47 Å². The molecule has 2 aromatic rings. The van der Waals surface area contributed by atoms with Gasteiger partial charge in [0.1, 0.15) is 17.2 Å². The number of aliphatic hydroxyl groups is 1. The minimum Gasteiger partial charge on any atom is -0.497 e. The molecule has 6 nitrogen and oxygen atoms in total. The molecule has 1 atom stereocenters. The fraction of sp³-hybridized carbons (Fsp3) is 0.368. The molecule has 132 valence electrons. The van der Waals surface area contributed by atoms with Gasteiger partial charge in [-0.3, -0.25) is 4.79 Å². The number of pyridine rings is 1. The summed E-state index contributed by atoms with van der Waals surface area (Å²) in [6, 6.07) is 10.9. The average molecular weight is 342 g/mol. The van der Waals surface area contributed by atoms with Crippen molar-refractivity contribution in [1.82, 2.24) is 9.88 Å². The molecular formula is C19H22N2O4. The molecule has 1 aliphatic heterocycles. The van der Waals surface area contributed by atoms with Gasteiger partial charge in [-0.1, -0.05) is 6.07 Å². The average Bonchev–Trinajstić information content (AvgIpc) is 3.16. The molecule has 1 N–H and O–H groups in total. The first-order chi connectivity index (χ1) is 12.2. The van der Waals surface area contributed by atoms with Crippen LogP contribution in [-0.2, 0) is 6.61 Å². The first-order valence-corrected chi connectivity index (χ1v) is 8.24. The lowest BCUT2D eigenvalue weighted by Gasteiger charge is -2.18. The van der Waals surface area contributed by atoms with Crippen LogP contribution >= 0.6 is 0 Å². The topological polar surface area (TPSA) is 71.9 Å². The van der Waals surface area contributed by atoms with Gasteiger partial charge in [-0.05, 0) is 36.8 Å². The predicted octanol–water partition coefficient (Wildman–Crippen LogP) is 2.22. The molecule has 1 aliphatic rings. The molecule has 1 unspecified atom stereocenters. The van der Waals surface area contributed by atoms with Crippen LogP contribution in [0, 0.1) is 0 Å². The third-order valence-electron chi connectivity index (χ3n) is 4.54. The number of carbonyl (C=O) groups excluding carboxylic acids is 1. The molecule has 1 aromatic carbocycles. The van der Waals surface area contributed by atoms with Gasteiger partial charge >= 0.3 is 0 Å². The number of aromatic nitrogens is 1. The summed E-state index contributed by atoms with van der Waals surface area (Å²) in [6.45, 7) is 1.09. The number of rotatable bonds is 5. The van der Waals surface area contributed by atoms with Gasteiger partial charge < -0.3 is 19.5 Å². The summed E-state index contributed by atoms with van der Waals surface area (Å²) in [5.74, 6) is 1.66. The summed E-state index contributed by atoms with van der Waals surface area (Å²) < 4.78 is 10.8. The second-order valence-electron chi connectivity index (χ2n) is 6.02. The van der Waals surface area contributed by atoms with Gasteiger partial charge in [-0.15, -0.1) is 0 Å². The van der Waals surface area contributed by atoms with Gasteiger partial charge in [0.15, 0.2) is 0 Å². The highest BCUT2D eigenvalue weighted by Gasteiger charge is 2.30. The van der Waals surface area contributed by atoms with Crippen LogP contribution in [0.3, 0.4) is 0 Å². The van der Waals surface area contributed by atoms with E-state index in [0.717, 1.165) is 23.5 Å². The summed E-state index contributed by atoms with van der Waals surface area (Å²) in [5.41, 5.74) is 1.91. The number of nitrogens with zero attached hydrogens (tertiary/aromatic N) is 2. The minimum atomic E-state index is -0.176. The SMILES string of the molecule is COc1ccc(OC)c(C2CCN(C(=O)c3cccc(CO)n3)C2)c1. The Morgan fingerprint density at radius 3 is 2.84 bits per heavy atom. The van der Waals surface area contributed by atoms with Gasteiger partial charge in [0, 0.05) is 24.6 Å². The van der Waals surface area contributed by atoms with Crippen molar-refractivity contribution in [2.75, 3.05) is 27.3 Å². The molecule has 25 heavy (non-hydrogen) atoms. The Morgan fingerprint density at radius 1 is 1.28 bits per heavy atom. The van der Waals surface area contributed by atoms with E-state index >= 15 is 0 Å². The number of hydrogen-bond donors (Lipinski definition) is 1. The van der Waals surface area contributed by atoms with E-state index in [1.54, 1.807) is 37.3 Å². The molecular weight excluding hydrogens is 320 g/mol. The van der Waals surface area contributed by atoms with Crippen LogP contribution in [0.25, 0.3) is 0 Å². The van der Waals surface area contributed by atoms with Crippen LogP contribution in [0.2, 0.25) is 0 Å². The first-order valence-electron chi connectivity index (χ1n) is 8.24. The van der Waals surface area contributed by atoms with Gasteiger partial charge in [0.05, 0.1) is 26.5 Å². The Bertz CT molecular complexity index is 763. The van der Waals surface area contributed by atoms with Crippen LogP contribution in [0.5, 0.6) is 11.5 Å². The molecule has 1 saturated heterocycles. The molecule has 0 bridgehead atoms. The Hall–Kier alpha value is -2.60. The fourth-order valence-corrected chi connectivity index (χ4v) is 3.21. The van der Waals surface area contributed by atoms with E-state index in [1.807, 2.05) is 18.2 Å². The smallest absolute Gasteiger partial charge is 0.272 e. The highest BCUT2D eigenvalue weighted by atomic mass is 16.5. The predicted molar refractivity (Wildman–Crippen MR) is 93.0 cm³/mol. The largest absolute Gasteiger partial charge is 0.497 e. The molecule has 0 aliphatic carbocycles. The number of ether oxygens (including phenoxy) is 2. The van der Waals surface area contributed by atoms with Crippen LogP contribution in [0.1, 0.15) is 34.1 Å².